The topological polar surface area (TPSA) is 60.2 Å². The highest BCUT2D eigenvalue weighted by Crippen LogP contribution is 2.32. The number of nitrogens with zero attached hydrogens (tertiary/aromatic N) is 1. The van der Waals surface area contributed by atoms with Gasteiger partial charge in [0.2, 0.25) is 0 Å². The molecule has 3 N–H and O–H groups in total. The normalized spacial score (nSPS) is 10.2. The third-order valence-electron chi connectivity index (χ3n) is 2.27. The highest BCUT2D eigenvalue weighted by molar-refractivity contribution is 7.19. The smallest absolute Gasteiger partial charge is 0.197 e. The Labute approximate surface area is 98.1 Å². The van der Waals surface area contributed by atoms with E-state index in [1.165, 1.54) is 11.3 Å². The van der Waals surface area contributed by atoms with Crippen LogP contribution >= 0.6 is 11.3 Å². The molecule has 0 spiro atoms. The fraction of sp³-hybridized carbons (Fsp3) is 0.182. The zero-order chi connectivity index (χ0) is 11.5. The summed E-state index contributed by atoms with van der Waals surface area (Å²) in [6.07, 6.45) is 0. The van der Waals surface area contributed by atoms with Crippen LogP contribution in [0, 0.1) is 6.92 Å². The van der Waals surface area contributed by atoms with Crippen LogP contribution in [0.3, 0.4) is 0 Å². The molecule has 0 saturated carbocycles. The Bertz CT molecular complexity index is 478. The van der Waals surface area contributed by atoms with Crippen molar-refractivity contribution in [1.82, 2.24) is 4.98 Å². The van der Waals surface area contributed by atoms with Crippen molar-refractivity contribution in [3.63, 3.8) is 0 Å². The van der Waals surface area contributed by atoms with Crippen LogP contribution in [0.5, 0.6) is 5.75 Å². The van der Waals surface area contributed by atoms with E-state index in [2.05, 4.69) is 10.4 Å². The number of aromatic nitrogens is 1. The van der Waals surface area contributed by atoms with Crippen LogP contribution in [0.15, 0.2) is 24.3 Å². The molecule has 0 saturated heterocycles. The van der Waals surface area contributed by atoms with E-state index in [9.17, 15) is 0 Å². The lowest BCUT2D eigenvalue weighted by Crippen LogP contribution is -2.05. The molecule has 16 heavy (non-hydrogen) atoms. The Balaban J connectivity index is 2.38. The molecule has 0 aliphatic carbocycles. The molecule has 0 radical (unpaired) electrons. The van der Waals surface area contributed by atoms with E-state index in [1.54, 1.807) is 7.11 Å². The molecule has 84 valence electrons. The Kier molecular flexibility index (Phi) is 3.07. The minimum absolute atomic E-state index is 0.725. The third-order valence-corrected chi connectivity index (χ3v) is 3.41. The molecular formula is C11H13N3OS. The molecule has 0 aliphatic heterocycles. The average molecular weight is 235 g/mol. The van der Waals surface area contributed by atoms with Crippen molar-refractivity contribution in [2.24, 2.45) is 5.84 Å². The minimum atomic E-state index is 0.725. The number of nitrogens with two attached hydrogens (primary N) is 1. The quantitative estimate of drug-likeness (QED) is 0.633. The van der Waals surface area contributed by atoms with Crippen molar-refractivity contribution in [2.75, 3.05) is 12.5 Å². The Morgan fingerprint density at radius 3 is 2.50 bits per heavy atom. The van der Waals surface area contributed by atoms with E-state index in [1.807, 2.05) is 31.2 Å². The summed E-state index contributed by atoms with van der Waals surface area (Å²) in [5, 5.41) is 0.725. The lowest BCUT2D eigenvalue weighted by atomic mass is 10.1. The SMILES string of the molecule is COc1ccc(-c2sc(NN)nc2C)cc1. The van der Waals surface area contributed by atoms with Crippen molar-refractivity contribution >= 4 is 16.5 Å². The summed E-state index contributed by atoms with van der Waals surface area (Å²) in [6.45, 7) is 1.97. The molecule has 0 fully saturated rings. The molecule has 2 rings (SSSR count). The maximum atomic E-state index is 5.33. The number of hydrogen-bond acceptors (Lipinski definition) is 5. The van der Waals surface area contributed by atoms with E-state index in [4.69, 9.17) is 10.6 Å². The van der Waals surface area contributed by atoms with Gasteiger partial charge in [0.05, 0.1) is 17.7 Å². The zero-order valence-corrected chi connectivity index (χ0v) is 9.97. The highest BCUT2D eigenvalue weighted by atomic mass is 32.1. The molecule has 2 aromatic rings. The van der Waals surface area contributed by atoms with Gasteiger partial charge in [-0.3, -0.25) is 5.43 Å². The molecule has 0 amide bonds. The van der Waals surface area contributed by atoms with Gasteiger partial charge >= 0.3 is 0 Å². The van der Waals surface area contributed by atoms with Crippen LogP contribution in [-0.4, -0.2) is 12.1 Å². The van der Waals surface area contributed by atoms with Gasteiger partial charge in [0.25, 0.3) is 0 Å². The molecule has 0 aliphatic rings. The molecule has 1 heterocycles. The number of methoxy groups -OCH3 is 1. The number of thiazole rings is 1. The number of hydrazine groups is 1. The predicted octanol–water partition coefficient (Wildman–Crippen LogP) is 2.41. The van der Waals surface area contributed by atoms with Gasteiger partial charge in [-0.1, -0.05) is 11.3 Å². The minimum Gasteiger partial charge on any atom is -0.497 e. The summed E-state index contributed by atoms with van der Waals surface area (Å²) >= 11 is 1.54. The van der Waals surface area contributed by atoms with Gasteiger partial charge in [-0.25, -0.2) is 10.8 Å². The van der Waals surface area contributed by atoms with Gasteiger partial charge < -0.3 is 4.74 Å². The first kappa shape index (κ1) is 10.9. The van der Waals surface area contributed by atoms with Gasteiger partial charge in [0.1, 0.15) is 5.75 Å². The maximum Gasteiger partial charge on any atom is 0.197 e. The second-order valence-electron chi connectivity index (χ2n) is 3.31. The van der Waals surface area contributed by atoms with Gasteiger partial charge in [0.15, 0.2) is 5.13 Å². The van der Waals surface area contributed by atoms with Crippen molar-refractivity contribution in [1.29, 1.82) is 0 Å². The van der Waals surface area contributed by atoms with Gasteiger partial charge in [0, 0.05) is 0 Å². The summed E-state index contributed by atoms with van der Waals surface area (Å²) in [7, 11) is 1.66. The van der Waals surface area contributed by atoms with Crippen molar-refractivity contribution < 1.29 is 4.74 Å². The molecule has 4 nitrogen and oxygen atoms in total. The fourth-order valence-corrected chi connectivity index (χ4v) is 2.35. The van der Waals surface area contributed by atoms with Crippen LogP contribution in [0.4, 0.5) is 5.13 Å². The number of nitrogen functional groups attached to an aromatic ring is 1. The molecule has 1 aromatic carbocycles. The van der Waals surface area contributed by atoms with Crippen molar-refractivity contribution in [3.8, 4) is 16.2 Å². The van der Waals surface area contributed by atoms with Crippen LogP contribution in [-0.2, 0) is 0 Å². The summed E-state index contributed by atoms with van der Waals surface area (Å²) in [5.74, 6) is 6.18. The molecule has 0 bridgehead atoms. The van der Waals surface area contributed by atoms with Gasteiger partial charge in [-0.2, -0.15) is 0 Å². The molecular weight excluding hydrogens is 222 g/mol. The fourth-order valence-electron chi connectivity index (χ4n) is 1.47. The summed E-state index contributed by atoms with van der Waals surface area (Å²) in [6, 6.07) is 7.90. The first-order valence-electron chi connectivity index (χ1n) is 4.83. The van der Waals surface area contributed by atoms with Crippen LogP contribution in [0.2, 0.25) is 0 Å². The largest absolute Gasteiger partial charge is 0.497 e. The molecule has 0 unspecified atom stereocenters. The monoisotopic (exact) mass is 235 g/mol. The Morgan fingerprint density at radius 1 is 1.31 bits per heavy atom. The third kappa shape index (κ3) is 2.00. The first-order valence-corrected chi connectivity index (χ1v) is 5.64. The average Bonchev–Trinajstić information content (AvgIpc) is 2.71. The van der Waals surface area contributed by atoms with Gasteiger partial charge in [-0.15, -0.1) is 0 Å². The van der Waals surface area contributed by atoms with E-state index in [-0.39, 0.29) is 0 Å². The first-order chi connectivity index (χ1) is 7.74. The molecule has 1 aromatic heterocycles. The Hall–Kier alpha value is -1.59. The number of rotatable bonds is 3. The number of nitrogens with one attached hydrogen (secondary N) is 1. The maximum absolute atomic E-state index is 5.33. The van der Waals surface area contributed by atoms with Crippen molar-refractivity contribution in [2.45, 2.75) is 6.92 Å². The predicted molar refractivity (Wildman–Crippen MR) is 66.6 cm³/mol. The second-order valence-corrected chi connectivity index (χ2v) is 4.31. The number of hydrogen-bond donors (Lipinski definition) is 2. The summed E-state index contributed by atoms with van der Waals surface area (Å²) in [5.41, 5.74) is 4.66. The standard InChI is InChI=1S/C11H13N3OS/c1-7-10(16-11(13-7)14-12)8-3-5-9(15-2)6-4-8/h3-6H,12H2,1-2H3,(H,13,14). The lowest BCUT2D eigenvalue weighted by Gasteiger charge is -2.01. The van der Waals surface area contributed by atoms with Gasteiger partial charge in [-0.05, 0) is 36.8 Å². The van der Waals surface area contributed by atoms with E-state index >= 15 is 0 Å². The van der Waals surface area contributed by atoms with Crippen molar-refractivity contribution in [3.05, 3.63) is 30.0 Å². The number of aryl methyl sites for hydroxylation is 1. The Morgan fingerprint density at radius 2 is 2.00 bits per heavy atom. The molecule has 5 heteroatoms. The zero-order valence-electron chi connectivity index (χ0n) is 9.15. The number of anilines is 1. The number of benzene rings is 1. The number of ether oxygens (including phenoxy) is 1. The van der Waals surface area contributed by atoms with Crippen LogP contribution in [0.1, 0.15) is 5.69 Å². The molecule has 0 atom stereocenters. The van der Waals surface area contributed by atoms with E-state index in [0.717, 1.165) is 27.0 Å². The van der Waals surface area contributed by atoms with Crippen LogP contribution < -0.4 is 16.0 Å². The summed E-state index contributed by atoms with van der Waals surface area (Å²) < 4.78 is 5.12. The lowest BCUT2D eigenvalue weighted by molar-refractivity contribution is 0.415. The van der Waals surface area contributed by atoms with E-state index < -0.39 is 0 Å². The second kappa shape index (κ2) is 4.51. The van der Waals surface area contributed by atoms with Crippen LogP contribution in [0.25, 0.3) is 10.4 Å². The van der Waals surface area contributed by atoms with E-state index in [0.29, 0.717) is 0 Å². The summed E-state index contributed by atoms with van der Waals surface area (Å²) in [4.78, 5) is 5.42. The highest BCUT2D eigenvalue weighted by Gasteiger charge is 2.08.